The fourth-order valence-electron chi connectivity index (χ4n) is 2.09. The number of carbonyl (C=O) groups excluding carboxylic acids is 2. The lowest BCUT2D eigenvalue weighted by Gasteiger charge is -2.09. The zero-order chi connectivity index (χ0) is 14.5. The van der Waals surface area contributed by atoms with Crippen LogP contribution in [0.3, 0.4) is 0 Å². The summed E-state index contributed by atoms with van der Waals surface area (Å²) >= 11 is 0. The molecule has 0 radical (unpaired) electrons. The number of hydrogen-bond donors (Lipinski definition) is 3. The predicted molar refractivity (Wildman–Crippen MR) is 77.2 cm³/mol. The minimum atomic E-state index is -0.157. The number of nitrogens with two attached hydrogens (primary N) is 1. The largest absolute Gasteiger partial charge is 0.397 e. The van der Waals surface area contributed by atoms with Crippen LogP contribution in [0.1, 0.15) is 36.7 Å². The van der Waals surface area contributed by atoms with Gasteiger partial charge in [-0.15, -0.1) is 0 Å². The third-order valence-electron chi connectivity index (χ3n) is 3.27. The molecule has 0 saturated heterocycles. The van der Waals surface area contributed by atoms with Crippen LogP contribution < -0.4 is 16.4 Å². The molecule has 1 aliphatic rings. The van der Waals surface area contributed by atoms with Gasteiger partial charge in [-0.1, -0.05) is 6.92 Å². The van der Waals surface area contributed by atoms with E-state index in [-0.39, 0.29) is 17.7 Å². The first-order valence-corrected chi connectivity index (χ1v) is 7.13. The van der Waals surface area contributed by atoms with Crippen LogP contribution >= 0.6 is 0 Å². The summed E-state index contributed by atoms with van der Waals surface area (Å²) in [6, 6.07) is 1.67. The van der Waals surface area contributed by atoms with Gasteiger partial charge in [-0.05, 0) is 25.3 Å². The molecule has 2 rings (SSSR count). The van der Waals surface area contributed by atoms with Crippen molar-refractivity contribution >= 4 is 17.5 Å². The van der Waals surface area contributed by atoms with E-state index in [1.54, 1.807) is 12.3 Å². The highest BCUT2D eigenvalue weighted by Crippen LogP contribution is 2.28. The second-order valence-electron chi connectivity index (χ2n) is 5.17. The number of rotatable bonds is 7. The van der Waals surface area contributed by atoms with E-state index in [1.165, 1.54) is 0 Å². The Morgan fingerprint density at radius 2 is 2.05 bits per heavy atom. The Hall–Kier alpha value is -1.98. The van der Waals surface area contributed by atoms with Crippen LogP contribution in [0, 0.1) is 5.92 Å². The van der Waals surface area contributed by atoms with Crippen LogP contribution in [0.2, 0.25) is 0 Å². The maximum atomic E-state index is 12.0. The second kappa shape index (κ2) is 6.45. The summed E-state index contributed by atoms with van der Waals surface area (Å²) in [6.45, 7) is 3.70. The first-order valence-electron chi connectivity index (χ1n) is 7.13. The van der Waals surface area contributed by atoms with E-state index in [1.807, 2.05) is 11.5 Å². The van der Waals surface area contributed by atoms with Gasteiger partial charge < -0.3 is 20.9 Å². The van der Waals surface area contributed by atoms with Gasteiger partial charge in [0, 0.05) is 31.7 Å². The number of nitrogens with zero attached hydrogens (tertiary/aromatic N) is 1. The van der Waals surface area contributed by atoms with Crippen molar-refractivity contribution in [1.29, 1.82) is 0 Å². The van der Waals surface area contributed by atoms with E-state index in [4.69, 9.17) is 5.73 Å². The quantitative estimate of drug-likeness (QED) is 0.643. The van der Waals surface area contributed by atoms with E-state index in [0.717, 1.165) is 25.8 Å². The molecule has 6 heteroatoms. The third-order valence-corrected chi connectivity index (χ3v) is 3.27. The monoisotopic (exact) mass is 278 g/mol. The average molecular weight is 278 g/mol. The highest BCUT2D eigenvalue weighted by Gasteiger charge is 2.29. The number of nitrogen functional groups attached to an aromatic ring is 1. The van der Waals surface area contributed by atoms with Crippen LogP contribution in [-0.2, 0) is 11.3 Å². The molecular formula is C14H22N4O2. The third kappa shape index (κ3) is 3.76. The lowest BCUT2D eigenvalue weighted by Crippen LogP contribution is -2.35. The van der Waals surface area contributed by atoms with Gasteiger partial charge in [0.2, 0.25) is 5.91 Å². The molecule has 110 valence electrons. The molecule has 0 aliphatic heterocycles. The lowest BCUT2D eigenvalue weighted by molar-refractivity contribution is -0.122. The van der Waals surface area contributed by atoms with Crippen LogP contribution in [0.5, 0.6) is 0 Å². The summed E-state index contributed by atoms with van der Waals surface area (Å²) in [5.41, 5.74) is 6.88. The summed E-state index contributed by atoms with van der Waals surface area (Å²) in [5.74, 6) is 0.140. The van der Waals surface area contributed by atoms with Gasteiger partial charge in [0.15, 0.2) is 0 Å². The number of aryl methyl sites for hydroxylation is 1. The fourth-order valence-corrected chi connectivity index (χ4v) is 2.09. The van der Waals surface area contributed by atoms with Crippen LogP contribution in [0.15, 0.2) is 12.3 Å². The minimum absolute atomic E-state index is 0.0952. The first kappa shape index (κ1) is 14.4. The average Bonchev–Trinajstić information content (AvgIpc) is 3.19. The van der Waals surface area contributed by atoms with Crippen LogP contribution in [0.25, 0.3) is 0 Å². The van der Waals surface area contributed by atoms with Crippen molar-refractivity contribution < 1.29 is 9.59 Å². The van der Waals surface area contributed by atoms with Gasteiger partial charge in [0.25, 0.3) is 5.91 Å². The SMILES string of the molecule is CCCn1cc(N)cc1C(=O)NCCNC(=O)C1CC1. The molecule has 1 aliphatic carbocycles. The zero-order valence-corrected chi connectivity index (χ0v) is 11.8. The molecule has 4 N–H and O–H groups in total. The van der Waals surface area contributed by atoms with Crippen molar-refractivity contribution in [3.63, 3.8) is 0 Å². The molecule has 1 fully saturated rings. The Morgan fingerprint density at radius 1 is 1.35 bits per heavy atom. The molecule has 0 unspecified atom stereocenters. The molecule has 2 amide bonds. The Labute approximate surface area is 118 Å². The fraction of sp³-hybridized carbons (Fsp3) is 0.571. The van der Waals surface area contributed by atoms with Crippen molar-refractivity contribution in [2.75, 3.05) is 18.8 Å². The van der Waals surface area contributed by atoms with Gasteiger partial charge in [0.1, 0.15) is 5.69 Å². The Balaban J connectivity index is 1.77. The van der Waals surface area contributed by atoms with Crippen molar-refractivity contribution in [1.82, 2.24) is 15.2 Å². The molecule has 1 heterocycles. The highest BCUT2D eigenvalue weighted by molar-refractivity contribution is 5.93. The minimum Gasteiger partial charge on any atom is -0.397 e. The summed E-state index contributed by atoms with van der Waals surface area (Å²) in [7, 11) is 0. The molecule has 1 saturated carbocycles. The standard InChI is InChI=1S/C14H22N4O2/c1-2-7-18-9-11(15)8-12(18)14(20)17-6-5-16-13(19)10-3-4-10/h8-10H,2-7,15H2,1H3,(H,16,19)(H,17,20). The topological polar surface area (TPSA) is 89.2 Å². The molecular weight excluding hydrogens is 256 g/mol. The summed E-state index contributed by atoms with van der Waals surface area (Å²) in [4.78, 5) is 23.5. The molecule has 0 spiro atoms. The number of aromatic nitrogens is 1. The summed E-state index contributed by atoms with van der Waals surface area (Å²) < 4.78 is 1.85. The van der Waals surface area contributed by atoms with Gasteiger partial charge in [-0.3, -0.25) is 9.59 Å². The second-order valence-corrected chi connectivity index (χ2v) is 5.17. The normalized spacial score (nSPS) is 14.1. The lowest BCUT2D eigenvalue weighted by atomic mass is 10.3. The smallest absolute Gasteiger partial charge is 0.268 e. The summed E-state index contributed by atoms with van der Waals surface area (Å²) in [5, 5.41) is 5.61. The molecule has 6 nitrogen and oxygen atoms in total. The highest BCUT2D eigenvalue weighted by atomic mass is 16.2. The number of hydrogen-bond acceptors (Lipinski definition) is 3. The van der Waals surface area contributed by atoms with Crippen molar-refractivity contribution in [2.24, 2.45) is 5.92 Å². The van der Waals surface area contributed by atoms with Crippen molar-refractivity contribution in [3.8, 4) is 0 Å². The maximum Gasteiger partial charge on any atom is 0.268 e. The summed E-state index contributed by atoms with van der Waals surface area (Å²) in [6.07, 6.45) is 4.68. The van der Waals surface area contributed by atoms with E-state index in [9.17, 15) is 9.59 Å². The Kier molecular flexibility index (Phi) is 4.65. The number of carbonyl (C=O) groups is 2. The number of amides is 2. The van der Waals surface area contributed by atoms with Crippen LogP contribution in [-0.4, -0.2) is 29.5 Å². The van der Waals surface area contributed by atoms with E-state index in [2.05, 4.69) is 10.6 Å². The van der Waals surface area contributed by atoms with Crippen LogP contribution in [0.4, 0.5) is 5.69 Å². The van der Waals surface area contributed by atoms with E-state index in [0.29, 0.717) is 24.5 Å². The van der Waals surface area contributed by atoms with Gasteiger partial charge in [0.05, 0.1) is 5.69 Å². The van der Waals surface area contributed by atoms with Gasteiger partial charge >= 0.3 is 0 Å². The predicted octanol–water partition coefficient (Wildman–Crippen LogP) is 0.736. The molecule has 0 aromatic carbocycles. The Bertz CT molecular complexity index is 491. The molecule has 20 heavy (non-hydrogen) atoms. The number of anilines is 1. The van der Waals surface area contributed by atoms with E-state index >= 15 is 0 Å². The zero-order valence-electron chi connectivity index (χ0n) is 11.8. The Morgan fingerprint density at radius 3 is 2.70 bits per heavy atom. The van der Waals surface area contributed by atoms with Gasteiger partial charge in [-0.2, -0.15) is 0 Å². The molecule has 0 atom stereocenters. The van der Waals surface area contributed by atoms with Crippen molar-refractivity contribution in [2.45, 2.75) is 32.7 Å². The van der Waals surface area contributed by atoms with E-state index < -0.39 is 0 Å². The number of nitrogens with one attached hydrogen (secondary N) is 2. The first-order chi connectivity index (χ1) is 9.61. The molecule has 1 aromatic heterocycles. The van der Waals surface area contributed by atoms with Crippen molar-refractivity contribution in [3.05, 3.63) is 18.0 Å². The maximum absolute atomic E-state index is 12.0. The molecule has 1 aromatic rings. The van der Waals surface area contributed by atoms with Gasteiger partial charge in [-0.25, -0.2) is 0 Å². The molecule has 0 bridgehead atoms.